The maximum absolute atomic E-state index is 14.0. The second-order valence-corrected chi connectivity index (χ2v) is 20.8. The Hall–Kier alpha value is -6.20. The van der Waals surface area contributed by atoms with E-state index in [0.717, 1.165) is 55.0 Å². The van der Waals surface area contributed by atoms with Gasteiger partial charge in [0.15, 0.2) is 0 Å². The summed E-state index contributed by atoms with van der Waals surface area (Å²) in [4.78, 5) is 0. The Morgan fingerprint density at radius 2 is 0.536 bits per heavy atom. The van der Waals surface area contributed by atoms with Crippen molar-refractivity contribution < 1.29 is 186 Å². The van der Waals surface area contributed by atoms with Crippen LogP contribution < -0.4 is 9.47 Å². The molecule has 0 amide bonds. The van der Waals surface area contributed by atoms with Gasteiger partial charge < -0.3 is 28.4 Å². The zero-order valence-electron chi connectivity index (χ0n) is 48.1. The molecule has 0 saturated carbocycles. The molecule has 0 saturated heterocycles. The summed E-state index contributed by atoms with van der Waals surface area (Å²) in [7, 11) is 0. The third-order valence-electron chi connectivity index (χ3n) is 14.1. The molecule has 552 valence electrons. The summed E-state index contributed by atoms with van der Waals surface area (Å²) in [5.41, 5.74) is -29.8. The molecule has 0 atom stereocenters. The Balaban J connectivity index is 2.10. The van der Waals surface area contributed by atoms with Gasteiger partial charge in [-0.2, -0.15) is 158 Å². The van der Waals surface area contributed by atoms with E-state index in [0.29, 0.717) is 18.4 Å². The molecule has 0 spiro atoms. The van der Waals surface area contributed by atoms with Crippen LogP contribution in [0.4, 0.5) is 158 Å². The molecule has 0 unspecified atom stereocenters. The van der Waals surface area contributed by atoms with Crippen molar-refractivity contribution in [2.24, 2.45) is 0 Å². The number of aryl methyl sites for hydroxylation is 4. The average Bonchev–Trinajstić information content (AvgIpc) is 0.747. The van der Waals surface area contributed by atoms with E-state index in [-0.39, 0.29) is 35.2 Å². The molecule has 0 heterocycles. The van der Waals surface area contributed by atoms with E-state index in [2.05, 4.69) is 28.4 Å². The van der Waals surface area contributed by atoms with E-state index in [1.807, 2.05) is 31.2 Å². The van der Waals surface area contributed by atoms with Crippen LogP contribution in [-0.2, 0) is 44.6 Å². The van der Waals surface area contributed by atoms with Gasteiger partial charge in [-0.05, 0) is 88.7 Å². The molecular formula is C55H44F36O6. The minimum atomic E-state index is -7.97. The van der Waals surface area contributed by atoms with Crippen LogP contribution in [0.15, 0.2) is 84.9 Å². The van der Waals surface area contributed by atoms with Crippen LogP contribution >= 0.6 is 0 Å². The normalized spacial score (nSPS) is 14.7. The fraction of sp³-hybridized carbons (Fsp3) is 0.564. The van der Waals surface area contributed by atoms with Gasteiger partial charge in [-0.15, -0.1) is 0 Å². The zero-order valence-corrected chi connectivity index (χ0v) is 48.1. The van der Waals surface area contributed by atoms with E-state index in [9.17, 15) is 158 Å². The molecule has 42 heteroatoms. The zero-order chi connectivity index (χ0) is 74.8. The predicted octanol–water partition coefficient (Wildman–Crippen LogP) is 20.4. The molecule has 4 aromatic rings. The van der Waals surface area contributed by atoms with E-state index in [1.165, 1.54) is 19.1 Å². The Morgan fingerprint density at radius 3 is 0.794 bits per heavy atom. The van der Waals surface area contributed by atoms with E-state index in [1.54, 1.807) is 12.1 Å². The molecule has 0 aliphatic rings. The number of alkyl halides is 36. The van der Waals surface area contributed by atoms with Crippen LogP contribution in [-0.4, -0.2) is 135 Å². The first-order chi connectivity index (χ1) is 43.6. The topological polar surface area (TPSA) is 55.4 Å². The molecule has 0 N–H and O–H groups in total. The number of unbranched alkanes of at least 4 members (excludes halogenated alkanes) is 2. The number of ether oxygens (including phenoxy) is 6. The lowest BCUT2D eigenvalue weighted by atomic mass is 9.92. The van der Waals surface area contributed by atoms with Crippen LogP contribution in [0.5, 0.6) is 11.5 Å². The van der Waals surface area contributed by atoms with Gasteiger partial charge in [-0.1, -0.05) is 93.4 Å². The second-order valence-electron chi connectivity index (χ2n) is 20.8. The van der Waals surface area contributed by atoms with Crippen LogP contribution in [0.25, 0.3) is 22.3 Å². The van der Waals surface area contributed by atoms with Gasteiger partial charge in [0.1, 0.15) is 23.7 Å². The number of rotatable bonds is 26. The molecule has 0 aliphatic heterocycles. The third kappa shape index (κ3) is 17.5. The van der Waals surface area contributed by atoms with Crippen molar-refractivity contribution in [3.8, 4) is 33.8 Å². The van der Waals surface area contributed by atoms with E-state index < -0.39 is 164 Å². The van der Waals surface area contributed by atoms with Gasteiger partial charge in [0, 0.05) is 6.07 Å². The smallest absolute Gasteiger partial charge is 0.435 e. The lowest BCUT2D eigenvalue weighted by Gasteiger charge is -2.40. The van der Waals surface area contributed by atoms with Crippen LogP contribution in [0.3, 0.4) is 0 Å². The Kier molecular flexibility index (Phi) is 24.7. The monoisotopic (exact) mass is 1480 g/mol. The van der Waals surface area contributed by atoms with Crippen LogP contribution in [0.2, 0.25) is 0 Å². The largest absolute Gasteiger partial charge is 0.485 e. The Bertz CT molecular complexity index is 2790. The maximum atomic E-state index is 14.0. The molecular weight excluding hydrogens is 1440 g/mol. The highest BCUT2D eigenvalue weighted by Crippen LogP contribution is 2.60. The fourth-order valence-corrected chi connectivity index (χ4v) is 9.21. The quantitative estimate of drug-likeness (QED) is 0.0461. The first-order valence-electron chi connectivity index (χ1n) is 26.7. The van der Waals surface area contributed by atoms with Gasteiger partial charge in [-0.3, -0.25) is 0 Å². The van der Waals surface area contributed by atoms with Crippen LogP contribution in [0.1, 0.15) is 55.4 Å². The van der Waals surface area contributed by atoms with Crippen LogP contribution in [0, 0.1) is 0 Å². The summed E-state index contributed by atoms with van der Waals surface area (Å²) in [5, 5.41) is 0. The number of hydrogen-bond acceptors (Lipinski definition) is 6. The van der Waals surface area contributed by atoms with Crippen molar-refractivity contribution in [2.45, 2.75) is 168 Å². The van der Waals surface area contributed by atoms with Gasteiger partial charge in [0.2, 0.25) is 0 Å². The second kappa shape index (κ2) is 28.8. The first kappa shape index (κ1) is 83.2. The van der Waals surface area contributed by atoms with Crippen molar-refractivity contribution in [1.29, 1.82) is 0 Å². The molecule has 0 radical (unpaired) electrons. The number of hydrogen-bond donors (Lipinski definition) is 0. The van der Waals surface area contributed by atoms with Gasteiger partial charge in [0.25, 0.3) is 0 Å². The maximum Gasteiger partial charge on any atom is 0.435 e. The van der Waals surface area contributed by atoms with Crippen molar-refractivity contribution in [3.05, 3.63) is 107 Å². The highest BCUT2D eigenvalue weighted by atomic mass is 19.5. The van der Waals surface area contributed by atoms with E-state index in [4.69, 9.17) is 0 Å². The SMILES string of the molecule is CCCCCc1ccc(CCc2ccc(-c3ccc(-c4cc(OC(COC(C(F)(F)F)(C(F)(F)F)C(F)(F)F)COC(C(F)(F)F)(C(F)(F)F)C(F)(F)F)cc(OC(COC(C(F)(F)F)(C(F)(F)F)C(F)(F)F)COC(C(F)(F)F)(C(F)(F)F)C(F)(F)F)c4)cc3CC)cc2)cc1. The van der Waals surface area contributed by atoms with Crippen molar-refractivity contribution in [3.63, 3.8) is 0 Å². The molecule has 0 aromatic heterocycles. The summed E-state index contributed by atoms with van der Waals surface area (Å²) < 4.78 is 526. The molecule has 4 aromatic carbocycles. The van der Waals surface area contributed by atoms with Gasteiger partial charge in [-0.25, -0.2) is 0 Å². The minimum absolute atomic E-state index is 0.00594. The first-order valence-corrected chi connectivity index (χ1v) is 26.7. The molecule has 97 heavy (non-hydrogen) atoms. The van der Waals surface area contributed by atoms with Crippen molar-refractivity contribution >= 4 is 0 Å². The standard InChI is InChI=1S/C55H44F36O6/c1-3-5-6-7-28-8-10-29(11-9-28)12-13-30-14-16-32(17-15-30)39-19-18-33(20-31(39)4-2)34-21-35(96-37(24-92-40(44(56,57)58,45(59,60)61)46(62,63)64)25-93-41(47(65,66)67,48(68,69)70)49(71,72)73)23-36(22-34)97-38(26-94-42(50(74,75)76,51(77,78)79)52(80,81)82)27-95-43(53(83,84)85,54(86,87)88)55(89,90)91/h8-11,14-23,37-38H,3-7,12-13,24-27H2,1-2H3. The Labute approximate surface area is 521 Å². The third-order valence-corrected chi connectivity index (χ3v) is 14.1. The summed E-state index contributed by atoms with van der Waals surface area (Å²) in [6.45, 7) is -11.1. The number of halogens is 36. The van der Waals surface area contributed by atoms with Crippen molar-refractivity contribution in [2.75, 3.05) is 26.4 Å². The molecule has 6 nitrogen and oxygen atoms in total. The summed E-state index contributed by atoms with van der Waals surface area (Å²) in [6.07, 6.45) is -99.9. The predicted molar refractivity (Wildman–Crippen MR) is 260 cm³/mol. The molecule has 4 rings (SSSR count). The summed E-state index contributed by atoms with van der Waals surface area (Å²) in [6, 6.07) is 15.8. The Morgan fingerprint density at radius 1 is 0.278 bits per heavy atom. The van der Waals surface area contributed by atoms with Crippen molar-refractivity contribution in [1.82, 2.24) is 0 Å². The molecule has 0 aliphatic carbocycles. The number of benzene rings is 4. The summed E-state index contributed by atoms with van der Waals surface area (Å²) in [5.74, 6) is -4.19. The average molecular weight is 1480 g/mol. The van der Waals surface area contributed by atoms with E-state index >= 15 is 0 Å². The minimum Gasteiger partial charge on any atom is -0.485 e. The van der Waals surface area contributed by atoms with Gasteiger partial charge in [0.05, 0.1) is 26.4 Å². The highest BCUT2D eigenvalue weighted by molar-refractivity contribution is 5.75. The fourth-order valence-electron chi connectivity index (χ4n) is 9.21. The lowest BCUT2D eigenvalue weighted by molar-refractivity contribution is -0.466. The molecule has 0 bridgehead atoms. The van der Waals surface area contributed by atoms with Gasteiger partial charge >= 0.3 is 96.5 Å². The lowest BCUT2D eigenvalue weighted by Crippen LogP contribution is -2.69. The molecule has 0 fully saturated rings. The summed E-state index contributed by atoms with van der Waals surface area (Å²) >= 11 is 0. The highest BCUT2D eigenvalue weighted by Gasteiger charge is 2.89.